The minimum Gasteiger partial charge on any atom is -0.481 e. The Bertz CT molecular complexity index is 920. The first-order chi connectivity index (χ1) is 12.3. The van der Waals surface area contributed by atoms with Gasteiger partial charge in [0.25, 0.3) is 11.5 Å². The van der Waals surface area contributed by atoms with Gasteiger partial charge >= 0.3 is 5.97 Å². The number of nitrogens with zero attached hydrogens (tertiary/aromatic N) is 1. The third-order valence-corrected chi connectivity index (χ3v) is 5.05. The summed E-state index contributed by atoms with van der Waals surface area (Å²) in [7, 11) is 0. The summed E-state index contributed by atoms with van der Waals surface area (Å²) in [6, 6.07) is 8.70. The molecule has 1 aliphatic heterocycles. The molecule has 3 rings (SSSR count). The van der Waals surface area contributed by atoms with Crippen LogP contribution in [-0.4, -0.2) is 40.0 Å². The molecule has 0 aliphatic carbocycles. The maximum Gasteiger partial charge on any atom is 0.308 e. The predicted octanol–water partition coefficient (Wildman–Crippen LogP) is 2.59. The number of aromatic nitrogens is 1. The number of aryl methyl sites for hydroxylation is 2. The molecule has 1 aliphatic rings. The summed E-state index contributed by atoms with van der Waals surface area (Å²) in [6.07, 6.45) is 0. The van der Waals surface area contributed by atoms with E-state index in [1.807, 2.05) is 0 Å². The largest absolute Gasteiger partial charge is 0.481 e. The Labute approximate surface area is 155 Å². The number of pyridine rings is 1. The normalized spacial score (nSPS) is 19.6. The van der Waals surface area contributed by atoms with Crippen LogP contribution in [0, 0.1) is 19.8 Å². The van der Waals surface area contributed by atoms with Gasteiger partial charge in [0.2, 0.25) is 0 Å². The standard InChI is InChI=1S/C19H19ClN2O4/c1-10-7-11(2)21-17(23)16(10)18(24)22-8-14(15(9-22)19(25)26)12-3-5-13(20)6-4-12/h3-7,14-15H,8-9H2,1-2H3,(H,21,23)(H,25,26)/t14-,15+/m0/s1. The van der Waals surface area contributed by atoms with Crippen molar-refractivity contribution in [2.75, 3.05) is 13.1 Å². The predicted molar refractivity (Wildman–Crippen MR) is 97.8 cm³/mol. The van der Waals surface area contributed by atoms with Crippen LogP contribution in [0.15, 0.2) is 35.1 Å². The van der Waals surface area contributed by atoms with Crippen molar-refractivity contribution < 1.29 is 14.7 Å². The van der Waals surface area contributed by atoms with Crippen LogP contribution in [0.25, 0.3) is 0 Å². The maximum atomic E-state index is 12.9. The van der Waals surface area contributed by atoms with Gasteiger partial charge in [0, 0.05) is 29.7 Å². The van der Waals surface area contributed by atoms with E-state index in [1.54, 1.807) is 44.2 Å². The quantitative estimate of drug-likeness (QED) is 0.863. The van der Waals surface area contributed by atoms with E-state index < -0.39 is 23.4 Å². The summed E-state index contributed by atoms with van der Waals surface area (Å²) < 4.78 is 0. The molecule has 1 fully saturated rings. The Morgan fingerprint density at radius 2 is 1.85 bits per heavy atom. The number of carboxylic acid groups (broad SMARTS) is 1. The number of hydrogen-bond donors (Lipinski definition) is 2. The number of aromatic amines is 1. The second kappa shape index (κ2) is 6.96. The molecule has 0 bridgehead atoms. The van der Waals surface area contributed by atoms with Gasteiger partial charge in [0.1, 0.15) is 5.56 Å². The molecular weight excluding hydrogens is 356 g/mol. The number of benzene rings is 1. The van der Waals surface area contributed by atoms with Crippen molar-refractivity contribution in [1.29, 1.82) is 0 Å². The Hall–Kier alpha value is -2.60. The third kappa shape index (κ3) is 3.37. The number of likely N-dealkylation sites (tertiary alicyclic amines) is 1. The number of rotatable bonds is 3. The lowest BCUT2D eigenvalue weighted by molar-refractivity contribution is -0.141. The van der Waals surface area contributed by atoms with Crippen LogP contribution in [0.2, 0.25) is 5.02 Å². The van der Waals surface area contributed by atoms with Crippen LogP contribution in [0.1, 0.15) is 33.1 Å². The molecule has 6 nitrogen and oxygen atoms in total. The molecule has 0 saturated carbocycles. The molecule has 26 heavy (non-hydrogen) atoms. The zero-order chi connectivity index (χ0) is 19.0. The molecule has 7 heteroatoms. The van der Waals surface area contributed by atoms with Gasteiger partial charge in [-0.05, 0) is 43.2 Å². The topological polar surface area (TPSA) is 90.5 Å². The molecule has 136 valence electrons. The molecule has 1 amide bonds. The van der Waals surface area contributed by atoms with Gasteiger partial charge < -0.3 is 15.0 Å². The number of nitrogens with one attached hydrogen (secondary N) is 1. The van der Waals surface area contributed by atoms with Gasteiger partial charge in [-0.15, -0.1) is 0 Å². The summed E-state index contributed by atoms with van der Waals surface area (Å²) >= 11 is 5.90. The molecule has 2 heterocycles. The third-order valence-electron chi connectivity index (χ3n) is 4.80. The van der Waals surface area contributed by atoms with Crippen LogP contribution < -0.4 is 5.56 Å². The Balaban J connectivity index is 1.93. The Kier molecular flexibility index (Phi) is 4.87. The minimum absolute atomic E-state index is 0.0637. The zero-order valence-corrected chi connectivity index (χ0v) is 15.2. The number of carbonyl (C=O) groups is 2. The SMILES string of the molecule is Cc1cc(C)c(C(=O)N2C[C@@H](C(=O)O)[C@H](c3ccc(Cl)cc3)C2)c(=O)[nH]1. The van der Waals surface area contributed by atoms with E-state index in [-0.39, 0.29) is 24.6 Å². The Morgan fingerprint density at radius 1 is 1.19 bits per heavy atom. The van der Waals surface area contributed by atoms with E-state index in [0.717, 1.165) is 5.56 Å². The van der Waals surface area contributed by atoms with Crippen molar-refractivity contribution >= 4 is 23.5 Å². The van der Waals surface area contributed by atoms with Crippen LogP contribution >= 0.6 is 11.6 Å². The van der Waals surface area contributed by atoms with Crippen molar-refractivity contribution in [2.24, 2.45) is 5.92 Å². The van der Waals surface area contributed by atoms with Crippen molar-refractivity contribution in [1.82, 2.24) is 9.88 Å². The lowest BCUT2D eigenvalue weighted by Gasteiger charge is -2.17. The fraction of sp³-hybridized carbons (Fsp3) is 0.316. The van der Waals surface area contributed by atoms with Gasteiger partial charge in [-0.3, -0.25) is 14.4 Å². The fourth-order valence-corrected chi connectivity index (χ4v) is 3.67. The molecule has 0 unspecified atom stereocenters. The molecule has 2 atom stereocenters. The molecule has 1 saturated heterocycles. The number of hydrogen-bond acceptors (Lipinski definition) is 3. The summed E-state index contributed by atoms with van der Waals surface area (Å²) in [5.74, 6) is -2.48. The van der Waals surface area contributed by atoms with Crippen LogP contribution in [-0.2, 0) is 4.79 Å². The average Bonchev–Trinajstić information content (AvgIpc) is 3.00. The first-order valence-corrected chi connectivity index (χ1v) is 8.63. The van der Waals surface area contributed by atoms with E-state index in [9.17, 15) is 19.5 Å². The number of carbonyl (C=O) groups excluding carboxylic acids is 1. The number of H-pyrrole nitrogens is 1. The highest BCUT2D eigenvalue weighted by molar-refractivity contribution is 6.30. The van der Waals surface area contributed by atoms with Crippen LogP contribution in [0.4, 0.5) is 0 Å². The lowest BCUT2D eigenvalue weighted by atomic mass is 9.89. The maximum absolute atomic E-state index is 12.9. The van der Waals surface area contributed by atoms with Crippen molar-refractivity contribution in [3.63, 3.8) is 0 Å². The molecular formula is C19H19ClN2O4. The van der Waals surface area contributed by atoms with E-state index in [4.69, 9.17) is 11.6 Å². The van der Waals surface area contributed by atoms with Gasteiger partial charge in [-0.2, -0.15) is 0 Å². The van der Waals surface area contributed by atoms with Crippen molar-refractivity contribution in [3.05, 3.63) is 68.1 Å². The minimum atomic E-state index is -0.963. The van der Waals surface area contributed by atoms with E-state index in [2.05, 4.69) is 4.98 Å². The van der Waals surface area contributed by atoms with Gasteiger partial charge in [-0.25, -0.2) is 0 Å². The molecule has 1 aromatic heterocycles. The second-order valence-electron chi connectivity index (χ2n) is 6.65. The summed E-state index contributed by atoms with van der Waals surface area (Å²) in [6.45, 7) is 3.75. The molecule has 0 spiro atoms. The first-order valence-electron chi connectivity index (χ1n) is 8.26. The van der Waals surface area contributed by atoms with Gasteiger partial charge in [-0.1, -0.05) is 23.7 Å². The van der Waals surface area contributed by atoms with E-state index in [0.29, 0.717) is 16.3 Å². The number of carboxylic acids is 1. The number of halogens is 1. The molecule has 2 aromatic rings. The summed E-state index contributed by atoms with van der Waals surface area (Å²) in [5, 5.41) is 10.1. The highest BCUT2D eigenvalue weighted by Crippen LogP contribution is 2.34. The fourth-order valence-electron chi connectivity index (χ4n) is 3.55. The van der Waals surface area contributed by atoms with E-state index in [1.165, 1.54) is 4.90 Å². The van der Waals surface area contributed by atoms with Crippen LogP contribution in [0.3, 0.4) is 0 Å². The van der Waals surface area contributed by atoms with Crippen molar-refractivity contribution in [3.8, 4) is 0 Å². The van der Waals surface area contributed by atoms with Crippen molar-refractivity contribution in [2.45, 2.75) is 19.8 Å². The Morgan fingerprint density at radius 3 is 2.42 bits per heavy atom. The molecule has 1 aromatic carbocycles. The highest BCUT2D eigenvalue weighted by Gasteiger charge is 2.41. The van der Waals surface area contributed by atoms with Crippen LogP contribution in [0.5, 0.6) is 0 Å². The second-order valence-corrected chi connectivity index (χ2v) is 7.09. The first kappa shape index (κ1) is 18.2. The monoisotopic (exact) mass is 374 g/mol. The van der Waals surface area contributed by atoms with Gasteiger partial charge in [0.15, 0.2) is 0 Å². The number of aliphatic carboxylic acids is 1. The lowest BCUT2D eigenvalue weighted by Crippen LogP contribution is -2.35. The highest BCUT2D eigenvalue weighted by atomic mass is 35.5. The molecule has 0 radical (unpaired) electrons. The zero-order valence-electron chi connectivity index (χ0n) is 14.5. The smallest absolute Gasteiger partial charge is 0.308 e. The number of amides is 1. The average molecular weight is 375 g/mol. The summed E-state index contributed by atoms with van der Waals surface area (Å²) in [4.78, 5) is 40.9. The summed E-state index contributed by atoms with van der Waals surface area (Å²) in [5.41, 5.74) is 1.68. The van der Waals surface area contributed by atoms with Gasteiger partial charge in [0.05, 0.1) is 5.92 Å². The van der Waals surface area contributed by atoms with E-state index >= 15 is 0 Å². The molecule has 2 N–H and O–H groups in total.